The Kier molecular flexibility index (Phi) is 1.88. The normalized spacial score (nSPS) is 10.0. The first kappa shape index (κ1) is 6.77. The Hall–Kier alpha value is -0.343. The van der Waals surface area contributed by atoms with E-state index in [2.05, 4.69) is 0 Å². The summed E-state index contributed by atoms with van der Waals surface area (Å²) in [6.45, 7) is 0. The van der Waals surface area contributed by atoms with Gasteiger partial charge in [-0.1, -0.05) is 22.9 Å². The van der Waals surface area contributed by atoms with E-state index in [1.54, 1.807) is 12.1 Å². The van der Waals surface area contributed by atoms with Crippen molar-refractivity contribution in [2.45, 2.75) is 0 Å². The molecule has 0 bridgehead atoms. The Labute approximate surface area is 61.1 Å². The highest BCUT2D eigenvalue weighted by molar-refractivity contribution is 6.36. The van der Waals surface area contributed by atoms with Crippen molar-refractivity contribution in [2.75, 3.05) is 0 Å². The summed E-state index contributed by atoms with van der Waals surface area (Å²) in [6.07, 6.45) is 0. The molecule has 0 N–H and O–H groups in total. The van der Waals surface area contributed by atoms with Gasteiger partial charge < -0.3 is 0 Å². The van der Waals surface area contributed by atoms with Crippen LogP contribution in [-0.2, 0) is 0 Å². The third-order valence-electron chi connectivity index (χ3n) is 1.08. The third kappa shape index (κ3) is 1.53. The van der Waals surface area contributed by atoms with Gasteiger partial charge in [-0.3, -0.25) is 0 Å². The summed E-state index contributed by atoms with van der Waals surface area (Å²) in [5, 5.41) is 1.34. The Morgan fingerprint density at radius 1 is 1.44 bits per heavy atom. The molecule has 0 aliphatic rings. The molecule has 1 aromatic rings. The molecule has 0 radical (unpaired) electrons. The van der Waals surface area contributed by atoms with Gasteiger partial charge in [0.2, 0.25) is 0 Å². The van der Waals surface area contributed by atoms with Crippen molar-refractivity contribution in [2.24, 2.45) is 0 Å². The molecule has 0 aromatic heterocycles. The topological polar surface area (TPSA) is 0 Å². The highest BCUT2D eigenvalue weighted by Gasteiger charge is 1.95. The minimum atomic E-state index is -0.337. The maximum Gasteiger partial charge on any atom is 0.141 e. The Bertz CT molecular complexity index is 224. The first-order valence-corrected chi connectivity index (χ1v) is 3.99. The zero-order valence-electron chi connectivity index (χ0n) is 4.99. The molecule has 48 valence electrons. The van der Waals surface area contributed by atoms with E-state index in [0.29, 0.717) is 0 Å². The summed E-state index contributed by atoms with van der Waals surface area (Å²) < 4.78 is 12.4. The second-order valence-electron chi connectivity index (χ2n) is 1.92. The Morgan fingerprint density at radius 2 is 2.11 bits per heavy atom. The first-order chi connectivity index (χ1) is 4.20. The molecule has 0 spiro atoms. The van der Waals surface area contributed by atoms with Crippen LogP contribution in [0.4, 0.5) is 4.39 Å². The Morgan fingerprint density at radius 3 is 2.56 bits per heavy atom. The van der Waals surface area contributed by atoms with Crippen LogP contribution in [0.15, 0.2) is 18.2 Å². The quantitative estimate of drug-likeness (QED) is 0.484. The minimum Gasteiger partial charge on any atom is -0.205 e. The molecular weight excluding hydrogens is 155 g/mol. The maximum atomic E-state index is 12.4. The zero-order chi connectivity index (χ0) is 6.85. The SMILES string of the molecule is Fc1ccc([SiH3])cc1Cl. The van der Waals surface area contributed by atoms with E-state index < -0.39 is 0 Å². The summed E-state index contributed by atoms with van der Waals surface area (Å²) in [5.41, 5.74) is 0. The van der Waals surface area contributed by atoms with Crippen LogP contribution in [0.25, 0.3) is 0 Å². The molecule has 0 fully saturated rings. The smallest absolute Gasteiger partial charge is 0.141 e. The molecule has 1 aromatic carbocycles. The molecule has 0 aliphatic heterocycles. The monoisotopic (exact) mass is 160 g/mol. The molecule has 0 aliphatic carbocycles. The molecule has 0 unspecified atom stereocenters. The first-order valence-electron chi connectivity index (χ1n) is 2.62. The van der Waals surface area contributed by atoms with Gasteiger partial charge in [0.05, 0.1) is 5.02 Å². The van der Waals surface area contributed by atoms with Gasteiger partial charge >= 0.3 is 0 Å². The lowest BCUT2D eigenvalue weighted by Crippen LogP contribution is -2.00. The number of benzene rings is 1. The van der Waals surface area contributed by atoms with Crippen molar-refractivity contribution >= 4 is 27.0 Å². The van der Waals surface area contributed by atoms with Crippen LogP contribution >= 0.6 is 11.6 Å². The van der Waals surface area contributed by atoms with E-state index in [4.69, 9.17) is 11.6 Å². The molecule has 9 heavy (non-hydrogen) atoms. The molecule has 0 atom stereocenters. The molecule has 0 nitrogen and oxygen atoms in total. The van der Waals surface area contributed by atoms with Gasteiger partial charge in [0.15, 0.2) is 0 Å². The average Bonchev–Trinajstić information content (AvgIpc) is 1.80. The fourth-order valence-corrected chi connectivity index (χ4v) is 1.47. The fourth-order valence-electron chi connectivity index (χ4n) is 0.601. The molecule has 3 heteroatoms. The molecule has 0 saturated carbocycles. The fraction of sp³-hybridized carbons (Fsp3) is 0. The van der Waals surface area contributed by atoms with Crippen LogP contribution in [0.1, 0.15) is 0 Å². The van der Waals surface area contributed by atoms with Gasteiger partial charge in [-0.2, -0.15) is 0 Å². The highest BCUT2D eigenvalue weighted by atomic mass is 35.5. The van der Waals surface area contributed by atoms with Gasteiger partial charge in [0.1, 0.15) is 5.82 Å². The summed E-state index contributed by atoms with van der Waals surface area (Å²) in [5.74, 6) is -0.337. The van der Waals surface area contributed by atoms with E-state index in [-0.39, 0.29) is 10.8 Å². The van der Waals surface area contributed by atoms with Gasteiger partial charge in [-0.05, 0) is 12.1 Å². The zero-order valence-corrected chi connectivity index (χ0v) is 7.74. The van der Waals surface area contributed by atoms with Crippen LogP contribution < -0.4 is 5.19 Å². The minimum absolute atomic E-state index is 0.225. The summed E-state index contributed by atoms with van der Waals surface area (Å²) >= 11 is 5.46. The van der Waals surface area contributed by atoms with Crippen molar-refractivity contribution in [1.82, 2.24) is 0 Å². The van der Waals surface area contributed by atoms with Crippen molar-refractivity contribution in [3.8, 4) is 0 Å². The van der Waals surface area contributed by atoms with E-state index in [1.807, 2.05) is 0 Å². The third-order valence-corrected chi connectivity index (χ3v) is 1.99. The predicted octanol–water partition coefficient (Wildman–Crippen LogP) is 0.470. The highest BCUT2D eigenvalue weighted by Crippen LogP contribution is 2.09. The maximum absolute atomic E-state index is 12.4. The lowest BCUT2D eigenvalue weighted by atomic mass is 10.3. The van der Waals surface area contributed by atoms with Gasteiger partial charge in [0.25, 0.3) is 0 Å². The van der Waals surface area contributed by atoms with Crippen molar-refractivity contribution in [1.29, 1.82) is 0 Å². The van der Waals surface area contributed by atoms with Crippen LogP contribution in [-0.4, -0.2) is 10.2 Å². The lowest BCUT2D eigenvalue weighted by molar-refractivity contribution is 0.628. The molecule has 0 heterocycles. The van der Waals surface area contributed by atoms with Crippen molar-refractivity contribution < 1.29 is 4.39 Å². The summed E-state index contributed by atoms with van der Waals surface area (Å²) in [4.78, 5) is 0. The van der Waals surface area contributed by atoms with Crippen molar-refractivity contribution in [3.05, 3.63) is 29.0 Å². The lowest BCUT2D eigenvalue weighted by Gasteiger charge is -1.93. The van der Waals surface area contributed by atoms with E-state index in [0.717, 1.165) is 15.4 Å². The molecular formula is C6H6ClFSi. The van der Waals surface area contributed by atoms with Gasteiger partial charge in [-0.25, -0.2) is 4.39 Å². The molecule has 1 rings (SSSR count). The number of halogens is 2. The number of rotatable bonds is 0. The van der Waals surface area contributed by atoms with E-state index in [9.17, 15) is 4.39 Å². The standard InChI is InChI=1S/C6H6ClFSi/c7-5-3-4(9)1-2-6(5)8/h1-3H,9H3. The average molecular weight is 161 g/mol. The predicted molar refractivity (Wildman–Crippen MR) is 41.0 cm³/mol. The van der Waals surface area contributed by atoms with Gasteiger partial charge in [-0.15, -0.1) is 0 Å². The second kappa shape index (κ2) is 2.50. The Balaban J connectivity index is 3.17. The summed E-state index contributed by atoms with van der Waals surface area (Å²) in [6, 6.07) is 4.79. The van der Waals surface area contributed by atoms with Gasteiger partial charge in [0, 0.05) is 10.2 Å². The van der Waals surface area contributed by atoms with Crippen LogP contribution in [0.5, 0.6) is 0 Å². The largest absolute Gasteiger partial charge is 0.205 e. The van der Waals surface area contributed by atoms with E-state index in [1.165, 1.54) is 6.07 Å². The van der Waals surface area contributed by atoms with Crippen molar-refractivity contribution in [3.63, 3.8) is 0 Å². The van der Waals surface area contributed by atoms with Crippen LogP contribution in [0.2, 0.25) is 5.02 Å². The second-order valence-corrected chi connectivity index (χ2v) is 3.48. The molecule has 0 amide bonds. The van der Waals surface area contributed by atoms with Crippen LogP contribution in [0.3, 0.4) is 0 Å². The van der Waals surface area contributed by atoms with E-state index >= 15 is 0 Å². The number of hydrogen-bond acceptors (Lipinski definition) is 0. The summed E-state index contributed by atoms with van der Waals surface area (Å²) in [7, 11) is 0.919. The molecule has 0 saturated heterocycles. The number of hydrogen-bond donors (Lipinski definition) is 0. The van der Waals surface area contributed by atoms with Crippen LogP contribution in [0, 0.1) is 5.82 Å².